The van der Waals surface area contributed by atoms with Gasteiger partial charge in [0.2, 0.25) is 0 Å². The van der Waals surface area contributed by atoms with Crippen LogP contribution >= 0.6 is 0 Å². The molecule has 0 aliphatic heterocycles. The van der Waals surface area contributed by atoms with Crippen LogP contribution in [0.2, 0.25) is 0 Å². The van der Waals surface area contributed by atoms with E-state index in [0.29, 0.717) is 5.82 Å². The van der Waals surface area contributed by atoms with Gasteiger partial charge in [-0.15, -0.1) is 5.10 Å². The zero-order valence-corrected chi connectivity index (χ0v) is 9.37. The molecule has 88 valence electrons. The van der Waals surface area contributed by atoms with E-state index < -0.39 is 5.97 Å². The maximum absolute atomic E-state index is 10.5. The predicted octanol–water partition coefficient (Wildman–Crippen LogP) is 1.12. The predicted molar refractivity (Wildman–Crippen MR) is 60.2 cm³/mol. The van der Waals surface area contributed by atoms with Crippen molar-refractivity contribution in [3.05, 3.63) is 29.8 Å². The SMILES string of the molecule is Cc1cccc(-c2nnnn2CCC(=O)O)c1. The molecule has 0 radical (unpaired) electrons. The molecule has 6 nitrogen and oxygen atoms in total. The standard InChI is InChI=1S/C11H12N4O2/c1-8-3-2-4-9(7-8)11-12-13-14-15(11)6-5-10(16)17/h2-4,7H,5-6H2,1H3,(H,16,17). The Kier molecular flexibility index (Phi) is 3.13. The maximum atomic E-state index is 10.5. The van der Waals surface area contributed by atoms with Gasteiger partial charge in [-0.2, -0.15) is 0 Å². The highest BCUT2D eigenvalue weighted by Crippen LogP contribution is 2.16. The van der Waals surface area contributed by atoms with E-state index >= 15 is 0 Å². The molecular weight excluding hydrogens is 220 g/mol. The van der Waals surface area contributed by atoms with E-state index in [4.69, 9.17) is 5.11 Å². The average Bonchev–Trinajstić information content (AvgIpc) is 2.74. The highest BCUT2D eigenvalue weighted by Gasteiger charge is 2.09. The van der Waals surface area contributed by atoms with Crippen LogP contribution in [-0.2, 0) is 11.3 Å². The number of benzene rings is 1. The van der Waals surface area contributed by atoms with Crippen molar-refractivity contribution in [1.29, 1.82) is 0 Å². The lowest BCUT2D eigenvalue weighted by atomic mass is 10.1. The number of hydrogen-bond acceptors (Lipinski definition) is 4. The Balaban J connectivity index is 2.27. The largest absolute Gasteiger partial charge is 0.481 e. The van der Waals surface area contributed by atoms with Gasteiger partial charge in [0.15, 0.2) is 5.82 Å². The maximum Gasteiger partial charge on any atom is 0.305 e. The molecule has 1 aromatic carbocycles. The number of hydrogen-bond donors (Lipinski definition) is 1. The quantitative estimate of drug-likeness (QED) is 0.854. The fraction of sp³-hybridized carbons (Fsp3) is 0.273. The Bertz CT molecular complexity index is 536. The van der Waals surface area contributed by atoms with E-state index in [1.165, 1.54) is 4.68 Å². The second-order valence-corrected chi connectivity index (χ2v) is 3.74. The summed E-state index contributed by atoms with van der Waals surface area (Å²) in [7, 11) is 0. The lowest BCUT2D eigenvalue weighted by molar-refractivity contribution is -0.137. The number of aromatic nitrogens is 4. The van der Waals surface area contributed by atoms with Crippen LogP contribution in [-0.4, -0.2) is 31.3 Å². The van der Waals surface area contributed by atoms with Gasteiger partial charge in [-0.05, 0) is 23.4 Å². The molecule has 0 amide bonds. The second kappa shape index (κ2) is 4.73. The molecular formula is C11H12N4O2. The van der Waals surface area contributed by atoms with Crippen molar-refractivity contribution < 1.29 is 9.90 Å². The summed E-state index contributed by atoms with van der Waals surface area (Å²) in [6, 6.07) is 7.76. The Morgan fingerprint density at radius 1 is 1.47 bits per heavy atom. The van der Waals surface area contributed by atoms with Crippen LogP contribution in [0.3, 0.4) is 0 Å². The van der Waals surface area contributed by atoms with Crippen LogP contribution < -0.4 is 0 Å². The van der Waals surface area contributed by atoms with Crippen molar-refractivity contribution in [2.45, 2.75) is 19.9 Å². The van der Waals surface area contributed by atoms with Gasteiger partial charge in [-0.3, -0.25) is 4.79 Å². The smallest absolute Gasteiger partial charge is 0.305 e. The third-order valence-electron chi connectivity index (χ3n) is 2.35. The summed E-state index contributed by atoms with van der Waals surface area (Å²) in [5.74, 6) is -0.273. The summed E-state index contributed by atoms with van der Waals surface area (Å²) in [5.41, 5.74) is 2.00. The molecule has 1 N–H and O–H groups in total. The van der Waals surface area contributed by atoms with Crippen molar-refractivity contribution in [2.75, 3.05) is 0 Å². The zero-order valence-electron chi connectivity index (χ0n) is 9.37. The fourth-order valence-electron chi connectivity index (χ4n) is 1.55. The monoisotopic (exact) mass is 232 g/mol. The van der Waals surface area contributed by atoms with Gasteiger partial charge >= 0.3 is 5.97 Å². The average molecular weight is 232 g/mol. The van der Waals surface area contributed by atoms with Gasteiger partial charge in [0.05, 0.1) is 13.0 Å². The first-order valence-electron chi connectivity index (χ1n) is 5.22. The molecule has 0 bridgehead atoms. The van der Waals surface area contributed by atoms with Gasteiger partial charge < -0.3 is 5.11 Å². The molecule has 0 fully saturated rings. The summed E-state index contributed by atoms with van der Waals surface area (Å²) in [6.07, 6.45) is 0.00383. The second-order valence-electron chi connectivity index (χ2n) is 3.74. The molecule has 2 rings (SSSR count). The topological polar surface area (TPSA) is 80.9 Å². The Hall–Kier alpha value is -2.24. The van der Waals surface area contributed by atoms with Crippen molar-refractivity contribution >= 4 is 5.97 Å². The molecule has 0 saturated carbocycles. The third-order valence-corrected chi connectivity index (χ3v) is 2.35. The number of rotatable bonds is 4. The zero-order chi connectivity index (χ0) is 12.3. The number of carboxylic acid groups (broad SMARTS) is 1. The summed E-state index contributed by atoms with van der Waals surface area (Å²) < 4.78 is 1.50. The Morgan fingerprint density at radius 3 is 3.00 bits per heavy atom. The number of carboxylic acids is 1. The lowest BCUT2D eigenvalue weighted by Gasteiger charge is -2.03. The molecule has 0 unspecified atom stereocenters. The van der Waals surface area contributed by atoms with E-state index in [9.17, 15) is 4.79 Å². The number of aliphatic carboxylic acids is 1. The normalized spacial score (nSPS) is 10.4. The highest BCUT2D eigenvalue weighted by atomic mass is 16.4. The van der Waals surface area contributed by atoms with E-state index in [2.05, 4.69) is 15.5 Å². The number of tetrazole rings is 1. The summed E-state index contributed by atoms with van der Waals surface area (Å²) in [6.45, 7) is 2.25. The Morgan fingerprint density at radius 2 is 2.29 bits per heavy atom. The minimum atomic E-state index is -0.865. The molecule has 0 saturated heterocycles. The van der Waals surface area contributed by atoms with Crippen molar-refractivity contribution in [1.82, 2.24) is 20.2 Å². The van der Waals surface area contributed by atoms with Crippen LogP contribution in [0, 0.1) is 6.92 Å². The van der Waals surface area contributed by atoms with E-state index in [1.807, 2.05) is 31.2 Å². The summed E-state index contributed by atoms with van der Waals surface area (Å²) in [5, 5.41) is 19.9. The van der Waals surface area contributed by atoms with Gasteiger partial charge in [-0.1, -0.05) is 23.8 Å². The molecule has 0 aliphatic rings. The first-order chi connectivity index (χ1) is 8.16. The van der Waals surface area contributed by atoms with Crippen LogP contribution in [0.25, 0.3) is 11.4 Å². The third kappa shape index (κ3) is 2.66. The van der Waals surface area contributed by atoms with Crippen molar-refractivity contribution in [2.24, 2.45) is 0 Å². The van der Waals surface area contributed by atoms with Crippen molar-refractivity contribution in [3.63, 3.8) is 0 Å². The molecule has 6 heteroatoms. The lowest BCUT2D eigenvalue weighted by Crippen LogP contribution is -2.07. The molecule has 1 aromatic heterocycles. The first-order valence-corrected chi connectivity index (χ1v) is 5.22. The van der Waals surface area contributed by atoms with Crippen LogP contribution in [0.4, 0.5) is 0 Å². The van der Waals surface area contributed by atoms with Crippen LogP contribution in [0.15, 0.2) is 24.3 Å². The first kappa shape index (κ1) is 11.3. The van der Waals surface area contributed by atoms with Gasteiger partial charge in [-0.25, -0.2) is 4.68 Å². The molecule has 17 heavy (non-hydrogen) atoms. The summed E-state index contributed by atoms with van der Waals surface area (Å²) >= 11 is 0. The summed E-state index contributed by atoms with van der Waals surface area (Å²) in [4.78, 5) is 10.5. The minimum absolute atomic E-state index is 0.00383. The molecule has 0 aliphatic carbocycles. The number of nitrogens with zero attached hydrogens (tertiary/aromatic N) is 4. The van der Waals surface area contributed by atoms with Crippen LogP contribution in [0.1, 0.15) is 12.0 Å². The van der Waals surface area contributed by atoms with E-state index in [1.54, 1.807) is 0 Å². The Labute approximate surface area is 97.9 Å². The van der Waals surface area contributed by atoms with E-state index in [0.717, 1.165) is 11.1 Å². The van der Waals surface area contributed by atoms with Crippen LogP contribution in [0.5, 0.6) is 0 Å². The minimum Gasteiger partial charge on any atom is -0.481 e. The van der Waals surface area contributed by atoms with Gasteiger partial charge in [0, 0.05) is 5.56 Å². The molecule has 0 atom stereocenters. The van der Waals surface area contributed by atoms with E-state index in [-0.39, 0.29) is 13.0 Å². The van der Waals surface area contributed by atoms with Gasteiger partial charge in [0.1, 0.15) is 0 Å². The molecule has 0 spiro atoms. The number of carbonyl (C=O) groups is 1. The molecule has 2 aromatic rings. The van der Waals surface area contributed by atoms with Crippen molar-refractivity contribution in [3.8, 4) is 11.4 Å². The number of aryl methyl sites for hydroxylation is 2. The highest BCUT2D eigenvalue weighted by molar-refractivity contribution is 5.66. The molecule has 1 heterocycles. The fourth-order valence-corrected chi connectivity index (χ4v) is 1.55. The van der Waals surface area contributed by atoms with Gasteiger partial charge in [0.25, 0.3) is 0 Å².